The van der Waals surface area contributed by atoms with Gasteiger partial charge in [0.15, 0.2) is 4.77 Å². The van der Waals surface area contributed by atoms with E-state index in [0.29, 0.717) is 4.77 Å². The Morgan fingerprint density at radius 3 is 1.91 bits per heavy atom. The highest BCUT2D eigenvalue weighted by Gasteiger charge is 2.50. The number of H-pyrrole nitrogens is 1. The average molecular weight is 493 g/mol. The largest absolute Gasteiger partial charge is 0.493 e. The average Bonchev–Trinajstić information content (AvgIpc) is 3.16. The lowest BCUT2D eigenvalue weighted by Gasteiger charge is -2.43. The molecule has 0 saturated carbocycles. The van der Waals surface area contributed by atoms with Gasteiger partial charge in [-0.25, -0.2) is 4.39 Å². The number of hydrogen-bond donors (Lipinski definition) is 2. The molecule has 1 heterocycles. The van der Waals surface area contributed by atoms with Crippen molar-refractivity contribution >= 4 is 30.9 Å². The van der Waals surface area contributed by atoms with Crippen molar-refractivity contribution in [2.75, 3.05) is 6.61 Å². The van der Waals surface area contributed by atoms with Crippen LogP contribution in [0.25, 0.3) is 0 Å². The van der Waals surface area contributed by atoms with Gasteiger partial charge in [-0.1, -0.05) is 93.6 Å². The van der Waals surface area contributed by atoms with E-state index in [9.17, 15) is 9.50 Å². The molecule has 1 aromatic heterocycles. The molecule has 34 heavy (non-hydrogen) atoms. The Morgan fingerprint density at radius 1 is 0.941 bits per heavy atom. The van der Waals surface area contributed by atoms with Crippen LogP contribution in [0.5, 0.6) is 5.88 Å². The molecule has 4 rings (SSSR count). The second-order valence-electron chi connectivity index (χ2n) is 9.36. The van der Waals surface area contributed by atoms with Crippen molar-refractivity contribution in [3.63, 3.8) is 0 Å². The van der Waals surface area contributed by atoms with E-state index in [-0.39, 0.29) is 23.3 Å². The number of aromatic nitrogens is 2. The molecule has 2 N–H and O–H groups in total. The lowest BCUT2D eigenvalue weighted by atomic mass is 10.1. The van der Waals surface area contributed by atoms with Crippen LogP contribution in [0.3, 0.4) is 0 Å². The highest BCUT2D eigenvalue weighted by molar-refractivity contribution is 7.71. The summed E-state index contributed by atoms with van der Waals surface area (Å²) in [6, 6.07) is 26.5. The first-order chi connectivity index (χ1) is 16.2. The van der Waals surface area contributed by atoms with E-state index in [1.54, 1.807) is 16.7 Å². The number of aromatic hydroxyl groups is 1. The van der Waals surface area contributed by atoms with Gasteiger partial charge in [-0.15, -0.1) is 0 Å². The summed E-state index contributed by atoms with van der Waals surface area (Å²) in [5.41, 5.74) is 0.797. The molecular weight excluding hydrogens is 463 g/mol. The zero-order valence-corrected chi connectivity index (χ0v) is 21.4. The van der Waals surface area contributed by atoms with Gasteiger partial charge in [0.2, 0.25) is 5.88 Å². The molecule has 0 spiro atoms. The van der Waals surface area contributed by atoms with E-state index in [4.69, 9.17) is 16.6 Å². The van der Waals surface area contributed by atoms with Crippen LogP contribution >= 0.6 is 12.2 Å². The van der Waals surface area contributed by atoms with Gasteiger partial charge in [0.25, 0.3) is 8.32 Å². The predicted molar refractivity (Wildman–Crippen MR) is 139 cm³/mol. The maximum atomic E-state index is 13.7. The fourth-order valence-electron chi connectivity index (χ4n) is 4.64. The second kappa shape index (κ2) is 9.70. The van der Waals surface area contributed by atoms with Crippen molar-refractivity contribution in [3.05, 3.63) is 107 Å². The van der Waals surface area contributed by atoms with Crippen LogP contribution in [0, 0.1) is 10.6 Å². The van der Waals surface area contributed by atoms with Crippen molar-refractivity contribution in [3.8, 4) is 5.88 Å². The number of rotatable bonds is 7. The molecule has 0 radical (unpaired) electrons. The monoisotopic (exact) mass is 492 g/mol. The van der Waals surface area contributed by atoms with Crippen LogP contribution in [0.1, 0.15) is 32.4 Å². The lowest BCUT2D eigenvalue weighted by molar-refractivity contribution is 0.245. The fraction of sp³-hybridized carbons (Fsp3) is 0.222. The lowest BCUT2D eigenvalue weighted by Crippen LogP contribution is -2.66. The van der Waals surface area contributed by atoms with Crippen molar-refractivity contribution in [1.29, 1.82) is 0 Å². The molecule has 0 aliphatic rings. The Bertz CT molecular complexity index is 1240. The van der Waals surface area contributed by atoms with E-state index in [0.717, 1.165) is 15.9 Å². The van der Waals surface area contributed by atoms with Gasteiger partial charge in [0, 0.05) is 0 Å². The summed E-state index contributed by atoms with van der Waals surface area (Å²) in [5, 5.41) is 12.7. The van der Waals surface area contributed by atoms with Crippen LogP contribution in [0.2, 0.25) is 5.04 Å². The van der Waals surface area contributed by atoms with E-state index >= 15 is 0 Å². The Balaban J connectivity index is 1.86. The van der Waals surface area contributed by atoms with Crippen molar-refractivity contribution in [2.45, 2.75) is 31.9 Å². The Morgan fingerprint density at radius 2 is 1.47 bits per heavy atom. The number of aromatic amines is 1. The molecule has 0 fully saturated rings. The molecule has 176 valence electrons. The molecule has 3 aromatic carbocycles. The van der Waals surface area contributed by atoms with Gasteiger partial charge >= 0.3 is 0 Å². The van der Waals surface area contributed by atoms with E-state index < -0.39 is 14.4 Å². The van der Waals surface area contributed by atoms with E-state index in [1.165, 1.54) is 18.3 Å². The summed E-state index contributed by atoms with van der Waals surface area (Å²) in [6.45, 7) is 6.89. The third-order valence-corrected chi connectivity index (χ3v) is 11.6. The van der Waals surface area contributed by atoms with Gasteiger partial charge in [-0.3, -0.25) is 4.57 Å². The molecule has 0 bridgehead atoms. The normalized spacial score (nSPS) is 13.1. The molecule has 0 aliphatic heterocycles. The minimum absolute atomic E-state index is 0.00497. The van der Waals surface area contributed by atoms with Crippen LogP contribution in [0.15, 0.2) is 91.1 Å². The SMILES string of the molecule is CC(C)(C)[Si](OCC(c1ccc(F)cc1)n1c(O)c[nH]c1=S)(c1ccccc1)c1ccccc1. The van der Waals surface area contributed by atoms with E-state index in [1.807, 2.05) is 36.4 Å². The molecule has 4 nitrogen and oxygen atoms in total. The minimum Gasteiger partial charge on any atom is -0.493 e. The van der Waals surface area contributed by atoms with Crippen LogP contribution in [-0.2, 0) is 4.43 Å². The molecule has 0 amide bonds. The number of benzene rings is 3. The van der Waals surface area contributed by atoms with Gasteiger partial charge in [-0.05, 0) is 45.3 Å². The Hall–Kier alpha value is -3.00. The van der Waals surface area contributed by atoms with Gasteiger partial charge < -0.3 is 14.5 Å². The van der Waals surface area contributed by atoms with Crippen molar-refractivity contribution < 1.29 is 13.9 Å². The summed E-state index contributed by atoms with van der Waals surface area (Å²) in [7, 11) is -2.82. The minimum atomic E-state index is -2.82. The van der Waals surface area contributed by atoms with Gasteiger partial charge in [0.05, 0.1) is 18.8 Å². The summed E-state index contributed by atoms with van der Waals surface area (Å²) < 4.78 is 22.8. The zero-order chi connectivity index (χ0) is 24.3. The van der Waals surface area contributed by atoms with Crippen molar-refractivity contribution in [2.24, 2.45) is 0 Å². The molecule has 1 atom stereocenters. The number of imidazole rings is 1. The Labute approximate surface area is 205 Å². The molecule has 4 aromatic rings. The molecule has 0 saturated heterocycles. The van der Waals surface area contributed by atoms with Gasteiger partial charge in [0.1, 0.15) is 5.82 Å². The first kappa shape index (κ1) is 24.1. The third kappa shape index (κ3) is 4.51. The summed E-state index contributed by atoms with van der Waals surface area (Å²) in [5.74, 6) is -0.317. The number of hydrogen-bond acceptors (Lipinski definition) is 3. The van der Waals surface area contributed by atoms with Crippen LogP contribution < -0.4 is 10.4 Å². The fourth-order valence-corrected chi connectivity index (χ4v) is 9.48. The molecule has 7 heteroatoms. The molecule has 1 unspecified atom stereocenters. The molecular formula is C27H29FN2O2SSi. The topological polar surface area (TPSA) is 50.2 Å². The van der Waals surface area contributed by atoms with Crippen LogP contribution in [-0.4, -0.2) is 29.6 Å². The maximum absolute atomic E-state index is 13.7. The summed E-state index contributed by atoms with van der Waals surface area (Å²) in [4.78, 5) is 2.90. The van der Waals surface area contributed by atoms with Crippen LogP contribution in [0.4, 0.5) is 4.39 Å². The Kier molecular flexibility index (Phi) is 6.88. The van der Waals surface area contributed by atoms with Crippen molar-refractivity contribution in [1.82, 2.24) is 9.55 Å². The number of nitrogens with zero attached hydrogens (tertiary/aromatic N) is 1. The first-order valence-corrected chi connectivity index (χ1v) is 13.5. The molecule has 0 aliphatic carbocycles. The quantitative estimate of drug-likeness (QED) is 0.262. The summed E-state index contributed by atoms with van der Waals surface area (Å²) in [6.07, 6.45) is 1.46. The summed E-state index contributed by atoms with van der Waals surface area (Å²) >= 11 is 5.47. The first-order valence-electron chi connectivity index (χ1n) is 11.2. The van der Waals surface area contributed by atoms with E-state index in [2.05, 4.69) is 50.0 Å². The zero-order valence-electron chi connectivity index (χ0n) is 19.5. The highest BCUT2D eigenvalue weighted by Crippen LogP contribution is 2.38. The second-order valence-corrected chi connectivity index (χ2v) is 14.1. The smallest absolute Gasteiger partial charge is 0.261 e. The van der Waals surface area contributed by atoms with Gasteiger partial charge in [-0.2, -0.15) is 0 Å². The highest BCUT2D eigenvalue weighted by atomic mass is 32.1. The number of nitrogens with one attached hydrogen (secondary N) is 1. The third-order valence-electron chi connectivity index (χ3n) is 6.23. The number of halogens is 1. The predicted octanol–water partition coefficient (Wildman–Crippen LogP) is 5.56. The maximum Gasteiger partial charge on any atom is 0.261 e. The standard InChI is InChI=1S/C27H29FN2O2SSi/c1-27(2,3)34(22-10-6-4-7-11-22,23-12-8-5-9-13-23)32-19-24(20-14-16-21(28)17-15-20)30-25(31)18-29-26(30)33/h4-18,24,31H,19H2,1-3H3,(H,29,33).